The molecule has 1 aromatic heterocycles. The van der Waals surface area contributed by atoms with Crippen LogP contribution in [0.2, 0.25) is 0 Å². The highest BCUT2D eigenvalue weighted by Crippen LogP contribution is 2.21. The first-order valence-electron chi connectivity index (χ1n) is 11.4. The van der Waals surface area contributed by atoms with Gasteiger partial charge >= 0.3 is 0 Å². The maximum atomic E-state index is 4.83. The lowest BCUT2D eigenvalue weighted by Crippen LogP contribution is -2.46. The second-order valence-electron chi connectivity index (χ2n) is 9.17. The second kappa shape index (κ2) is 12.1. The minimum Gasteiger partial charge on any atom is -0.357 e. The summed E-state index contributed by atoms with van der Waals surface area (Å²) in [5, 5.41) is 7.06. The van der Waals surface area contributed by atoms with Gasteiger partial charge in [-0.1, -0.05) is 19.9 Å². The van der Waals surface area contributed by atoms with Gasteiger partial charge in [0, 0.05) is 51.0 Å². The molecule has 2 atom stereocenters. The van der Waals surface area contributed by atoms with Crippen LogP contribution in [-0.4, -0.2) is 60.7 Å². The maximum absolute atomic E-state index is 4.83. The molecular formula is C23H41IN6. The van der Waals surface area contributed by atoms with Gasteiger partial charge in [0.25, 0.3) is 0 Å². The Morgan fingerprint density at radius 3 is 2.50 bits per heavy atom. The lowest BCUT2D eigenvalue weighted by molar-refractivity contribution is 0.265. The van der Waals surface area contributed by atoms with Crippen LogP contribution < -0.4 is 15.5 Å². The van der Waals surface area contributed by atoms with Crippen molar-refractivity contribution in [3.8, 4) is 0 Å². The minimum atomic E-state index is 0. The van der Waals surface area contributed by atoms with Crippen molar-refractivity contribution in [3.63, 3.8) is 0 Å². The Kier molecular flexibility index (Phi) is 10.1. The molecule has 2 unspecified atom stereocenters. The molecule has 6 nitrogen and oxygen atoms in total. The number of aromatic nitrogens is 1. The molecule has 0 spiro atoms. The van der Waals surface area contributed by atoms with Gasteiger partial charge in [0.2, 0.25) is 0 Å². The van der Waals surface area contributed by atoms with Gasteiger partial charge in [-0.15, -0.1) is 24.0 Å². The van der Waals surface area contributed by atoms with Crippen LogP contribution in [0.3, 0.4) is 0 Å². The maximum Gasteiger partial charge on any atom is 0.191 e. The molecule has 3 heterocycles. The molecule has 2 saturated heterocycles. The molecule has 30 heavy (non-hydrogen) atoms. The fourth-order valence-corrected chi connectivity index (χ4v) is 4.21. The summed E-state index contributed by atoms with van der Waals surface area (Å²) in [5.41, 5.74) is 1.15. The molecule has 2 fully saturated rings. The lowest BCUT2D eigenvalue weighted by atomic mass is 9.99. The van der Waals surface area contributed by atoms with Crippen LogP contribution in [-0.2, 0) is 6.54 Å². The van der Waals surface area contributed by atoms with Crippen molar-refractivity contribution in [1.29, 1.82) is 0 Å². The number of pyridine rings is 1. The quantitative estimate of drug-likeness (QED) is 0.335. The summed E-state index contributed by atoms with van der Waals surface area (Å²) in [7, 11) is 0. The molecule has 0 amide bonds. The van der Waals surface area contributed by atoms with Crippen molar-refractivity contribution in [2.45, 2.75) is 66.1 Å². The number of aliphatic imine (C=N–C) groups is 1. The number of halogens is 1. The van der Waals surface area contributed by atoms with Crippen LogP contribution in [0.4, 0.5) is 5.82 Å². The molecule has 0 radical (unpaired) electrons. The zero-order chi connectivity index (χ0) is 20.8. The Bertz CT molecular complexity index is 654. The van der Waals surface area contributed by atoms with Crippen molar-refractivity contribution in [3.05, 3.63) is 23.9 Å². The first kappa shape index (κ1) is 25.2. The normalized spacial score (nSPS) is 23.5. The summed E-state index contributed by atoms with van der Waals surface area (Å²) in [4.78, 5) is 14.5. The summed E-state index contributed by atoms with van der Waals surface area (Å²) in [6, 6.07) is 5.36. The van der Waals surface area contributed by atoms with Gasteiger partial charge in [0.15, 0.2) is 5.96 Å². The number of hydrogen-bond acceptors (Lipinski definition) is 4. The van der Waals surface area contributed by atoms with Crippen LogP contribution >= 0.6 is 24.0 Å². The number of nitrogens with one attached hydrogen (secondary N) is 2. The zero-order valence-corrected chi connectivity index (χ0v) is 21.7. The third kappa shape index (κ3) is 6.97. The molecule has 2 N–H and O–H groups in total. The first-order chi connectivity index (χ1) is 14.0. The van der Waals surface area contributed by atoms with Crippen molar-refractivity contribution in [2.75, 3.05) is 37.6 Å². The van der Waals surface area contributed by atoms with E-state index >= 15 is 0 Å². The molecule has 0 aliphatic carbocycles. The number of anilines is 1. The Labute approximate surface area is 200 Å². The molecule has 0 bridgehead atoms. The van der Waals surface area contributed by atoms with Gasteiger partial charge in [-0.2, -0.15) is 0 Å². The molecule has 7 heteroatoms. The van der Waals surface area contributed by atoms with Crippen LogP contribution in [0.25, 0.3) is 0 Å². The molecule has 170 valence electrons. The van der Waals surface area contributed by atoms with E-state index < -0.39 is 0 Å². The number of hydrogen-bond donors (Lipinski definition) is 2. The molecule has 0 aromatic carbocycles. The van der Waals surface area contributed by atoms with Gasteiger partial charge in [-0.3, -0.25) is 4.90 Å². The Balaban J connectivity index is 0.00000320. The van der Waals surface area contributed by atoms with Crippen LogP contribution in [0.1, 0.15) is 53.0 Å². The number of nitrogens with zero attached hydrogens (tertiary/aromatic N) is 4. The van der Waals surface area contributed by atoms with E-state index in [2.05, 4.69) is 67.2 Å². The average molecular weight is 529 g/mol. The fraction of sp³-hybridized carbons (Fsp3) is 0.739. The summed E-state index contributed by atoms with van der Waals surface area (Å²) in [6.07, 6.45) is 4.51. The van der Waals surface area contributed by atoms with Gasteiger partial charge < -0.3 is 15.5 Å². The van der Waals surface area contributed by atoms with E-state index in [1.165, 1.54) is 12.8 Å². The Morgan fingerprint density at radius 1 is 1.20 bits per heavy atom. The molecular weight excluding hydrogens is 487 g/mol. The van der Waals surface area contributed by atoms with Crippen LogP contribution in [0.5, 0.6) is 0 Å². The standard InChI is InChI=1S/C23H40N6.HI/c1-6-24-23(27-21-16-29(17(2)3)15-19(21)5)26-14-20-7-8-22(25-13-20)28-11-9-18(4)10-12-28;/h7-8,13,17-19,21H,6,9-12,14-16H2,1-5H3,(H2,24,26,27);1H. The molecule has 2 aliphatic rings. The average Bonchev–Trinajstić information content (AvgIpc) is 3.08. The smallest absolute Gasteiger partial charge is 0.191 e. The molecule has 1 aromatic rings. The van der Waals surface area contributed by atoms with Gasteiger partial charge in [-0.05, 0) is 57.1 Å². The van der Waals surface area contributed by atoms with Crippen LogP contribution in [0, 0.1) is 11.8 Å². The Hall–Kier alpha value is -1.09. The summed E-state index contributed by atoms with van der Waals surface area (Å²) < 4.78 is 0. The topological polar surface area (TPSA) is 55.8 Å². The van der Waals surface area contributed by atoms with Gasteiger partial charge in [0.1, 0.15) is 5.82 Å². The van der Waals surface area contributed by atoms with Gasteiger partial charge in [0.05, 0.1) is 6.54 Å². The van der Waals surface area contributed by atoms with E-state index in [0.29, 0.717) is 24.5 Å². The minimum absolute atomic E-state index is 0. The molecule has 0 saturated carbocycles. The number of piperidine rings is 1. The highest BCUT2D eigenvalue weighted by molar-refractivity contribution is 14.0. The Morgan fingerprint density at radius 2 is 1.93 bits per heavy atom. The lowest BCUT2D eigenvalue weighted by Gasteiger charge is -2.31. The summed E-state index contributed by atoms with van der Waals surface area (Å²) >= 11 is 0. The van der Waals surface area contributed by atoms with Crippen LogP contribution in [0.15, 0.2) is 23.3 Å². The van der Waals surface area contributed by atoms with E-state index in [1.54, 1.807) is 0 Å². The second-order valence-corrected chi connectivity index (χ2v) is 9.17. The van der Waals surface area contributed by atoms with E-state index in [9.17, 15) is 0 Å². The number of rotatable bonds is 6. The predicted octanol–water partition coefficient (Wildman–Crippen LogP) is 3.72. The monoisotopic (exact) mass is 528 g/mol. The number of likely N-dealkylation sites (tertiary alicyclic amines) is 1. The summed E-state index contributed by atoms with van der Waals surface area (Å²) in [6.45, 7) is 17.3. The molecule has 2 aliphatic heterocycles. The van der Waals surface area contributed by atoms with Crippen molar-refractivity contribution >= 4 is 35.8 Å². The predicted molar refractivity (Wildman–Crippen MR) is 138 cm³/mol. The first-order valence-corrected chi connectivity index (χ1v) is 11.4. The SMILES string of the molecule is CCNC(=NCc1ccc(N2CCC(C)CC2)nc1)NC1CN(C(C)C)CC1C.I. The third-order valence-electron chi connectivity index (χ3n) is 6.37. The largest absolute Gasteiger partial charge is 0.357 e. The van der Waals surface area contributed by atoms with Crippen molar-refractivity contribution in [1.82, 2.24) is 20.5 Å². The summed E-state index contributed by atoms with van der Waals surface area (Å²) in [5.74, 6) is 3.47. The third-order valence-corrected chi connectivity index (χ3v) is 6.37. The molecule has 3 rings (SSSR count). The highest BCUT2D eigenvalue weighted by atomic mass is 127. The van der Waals surface area contributed by atoms with E-state index in [-0.39, 0.29) is 24.0 Å². The van der Waals surface area contributed by atoms with Crippen molar-refractivity contribution in [2.24, 2.45) is 16.8 Å². The van der Waals surface area contributed by atoms with Crippen molar-refractivity contribution < 1.29 is 0 Å². The van der Waals surface area contributed by atoms with E-state index in [0.717, 1.165) is 56.0 Å². The number of guanidine groups is 1. The fourth-order valence-electron chi connectivity index (χ4n) is 4.21. The van der Waals surface area contributed by atoms with E-state index in [1.807, 2.05) is 6.20 Å². The zero-order valence-electron chi connectivity index (χ0n) is 19.4. The van der Waals surface area contributed by atoms with Gasteiger partial charge in [-0.25, -0.2) is 9.98 Å². The van der Waals surface area contributed by atoms with E-state index in [4.69, 9.17) is 9.98 Å². The highest BCUT2D eigenvalue weighted by Gasteiger charge is 2.31.